The van der Waals surface area contributed by atoms with Gasteiger partial charge in [-0.05, 0) is 23.0 Å². The highest BCUT2D eigenvalue weighted by Crippen LogP contribution is 2.35. The summed E-state index contributed by atoms with van der Waals surface area (Å²) in [4.78, 5) is 16.7. The SMILES string of the molecule is CC(C)C(=O)N1CCN(c2c(C(C)C)cccc2C(C)C)CC1. The molecule has 2 rings (SSSR count). The van der Waals surface area contributed by atoms with E-state index in [0.29, 0.717) is 11.8 Å². The molecule has 3 nitrogen and oxygen atoms in total. The second-order valence-corrected chi connectivity index (χ2v) is 7.56. The fourth-order valence-corrected chi connectivity index (χ4v) is 3.39. The van der Waals surface area contributed by atoms with Crippen LogP contribution in [0.3, 0.4) is 0 Å². The molecule has 1 aromatic carbocycles. The third-order valence-electron chi connectivity index (χ3n) is 4.74. The van der Waals surface area contributed by atoms with Crippen molar-refractivity contribution in [1.29, 1.82) is 0 Å². The topological polar surface area (TPSA) is 23.6 Å². The number of amides is 1. The minimum Gasteiger partial charge on any atom is -0.368 e. The molecule has 1 fully saturated rings. The molecule has 0 saturated carbocycles. The first-order chi connectivity index (χ1) is 10.8. The van der Waals surface area contributed by atoms with E-state index in [2.05, 4.69) is 50.8 Å². The quantitative estimate of drug-likeness (QED) is 0.829. The minimum atomic E-state index is 0.0933. The Labute approximate surface area is 141 Å². The lowest BCUT2D eigenvalue weighted by Gasteiger charge is -2.39. The van der Waals surface area contributed by atoms with Gasteiger partial charge >= 0.3 is 0 Å². The van der Waals surface area contributed by atoms with E-state index in [-0.39, 0.29) is 11.8 Å². The number of nitrogens with zero attached hydrogens (tertiary/aromatic N) is 2. The number of anilines is 1. The van der Waals surface area contributed by atoms with Gasteiger partial charge < -0.3 is 9.80 Å². The van der Waals surface area contributed by atoms with Crippen LogP contribution in [-0.4, -0.2) is 37.0 Å². The second kappa shape index (κ2) is 7.37. The van der Waals surface area contributed by atoms with Crippen LogP contribution < -0.4 is 4.90 Å². The summed E-state index contributed by atoms with van der Waals surface area (Å²) in [5, 5.41) is 0. The van der Waals surface area contributed by atoms with Gasteiger partial charge in [-0.15, -0.1) is 0 Å². The summed E-state index contributed by atoms with van der Waals surface area (Å²) in [6, 6.07) is 6.71. The Bertz CT molecular complexity index is 514. The first-order valence-electron chi connectivity index (χ1n) is 8.99. The molecule has 1 heterocycles. The Hall–Kier alpha value is -1.51. The van der Waals surface area contributed by atoms with E-state index in [9.17, 15) is 4.79 Å². The predicted octanol–water partition coefficient (Wildman–Crippen LogP) is 4.24. The van der Waals surface area contributed by atoms with Crippen molar-refractivity contribution in [2.75, 3.05) is 31.1 Å². The zero-order valence-electron chi connectivity index (χ0n) is 15.6. The van der Waals surface area contributed by atoms with E-state index >= 15 is 0 Å². The lowest BCUT2D eigenvalue weighted by atomic mass is 9.91. The van der Waals surface area contributed by atoms with E-state index in [1.165, 1.54) is 16.8 Å². The number of hydrogen-bond acceptors (Lipinski definition) is 2. The lowest BCUT2D eigenvalue weighted by Crippen LogP contribution is -2.50. The Morgan fingerprint density at radius 3 is 1.74 bits per heavy atom. The summed E-state index contributed by atoms with van der Waals surface area (Å²) in [5.41, 5.74) is 4.27. The molecule has 0 aromatic heterocycles. The average Bonchev–Trinajstić information content (AvgIpc) is 2.53. The van der Waals surface area contributed by atoms with E-state index < -0.39 is 0 Å². The van der Waals surface area contributed by atoms with Gasteiger partial charge in [0.2, 0.25) is 5.91 Å². The van der Waals surface area contributed by atoms with Crippen LogP contribution in [0.1, 0.15) is 64.5 Å². The molecular weight excluding hydrogens is 284 g/mol. The van der Waals surface area contributed by atoms with E-state index in [1.54, 1.807) is 0 Å². The van der Waals surface area contributed by atoms with E-state index in [1.807, 2.05) is 18.7 Å². The molecule has 1 aliphatic rings. The molecule has 0 atom stereocenters. The van der Waals surface area contributed by atoms with Crippen LogP contribution in [-0.2, 0) is 4.79 Å². The van der Waals surface area contributed by atoms with Gasteiger partial charge in [0.1, 0.15) is 0 Å². The number of rotatable bonds is 4. The molecule has 23 heavy (non-hydrogen) atoms. The normalized spacial score (nSPS) is 15.9. The molecule has 1 amide bonds. The van der Waals surface area contributed by atoms with Crippen LogP contribution in [0.25, 0.3) is 0 Å². The summed E-state index contributed by atoms with van der Waals surface area (Å²) in [7, 11) is 0. The van der Waals surface area contributed by atoms with E-state index in [4.69, 9.17) is 0 Å². The summed E-state index contributed by atoms with van der Waals surface area (Å²) < 4.78 is 0. The van der Waals surface area contributed by atoms with Crippen molar-refractivity contribution in [3.05, 3.63) is 29.3 Å². The monoisotopic (exact) mass is 316 g/mol. The van der Waals surface area contributed by atoms with Gasteiger partial charge in [-0.3, -0.25) is 4.79 Å². The number of para-hydroxylation sites is 1. The van der Waals surface area contributed by atoms with Gasteiger partial charge in [-0.2, -0.15) is 0 Å². The molecule has 0 unspecified atom stereocenters. The summed E-state index contributed by atoms with van der Waals surface area (Å²) in [5.74, 6) is 1.40. The van der Waals surface area contributed by atoms with Gasteiger partial charge in [0.05, 0.1) is 0 Å². The Morgan fingerprint density at radius 1 is 0.870 bits per heavy atom. The van der Waals surface area contributed by atoms with Crippen molar-refractivity contribution < 1.29 is 4.79 Å². The largest absolute Gasteiger partial charge is 0.368 e. The van der Waals surface area contributed by atoms with Crippen LogP contribution in [0.15, 0.2) is 18.2 Å². The van der Waals surface area contributed by atoms with Gasteiger partial charge in [0, 0.05) is 37.8 Å². The number of carbonyl (C=O) groups is 1. The third-order valence-corrected chi connectivity index (χ3v) is 4.74. The first kappa shape index (κ1) is 17.8. The van der Waals surface area contributed by atoms with Crippen molar-refractivity contribution >= 4 is 11.6 Å². The van der Waals surface area contributed by atoms with Crippen LogP contribution >= 0.6 is 0 Å². The first-order valence-corrected chi connectivity index (χ1v) is 8.99. The highest BCUT2D eigenvalue weighted by Gasteiger charge is 2.26. The molecule has 0 aliphatic carbocycles. The molecule has 128 valence electrons. The number of benzene rings is 1. The maximum absolute atomic E-state index is 12.2. The highest BCUT2D eigenvalue weighted by molar-refractivity contribution is 5.78. The van der Waals surface area contributed by atoms with Gasteiger partial charge in [-0.25, -0.2) is 0 Å². The molecule has 0 bridgehead atoms. The molecule has 0 N–H and O–H groups in total. The van der Waals surface area contributed by atoms with Crippen LogP contribution in [0, 0.1) is 5.92 Å². The molecule has 1 aromatic rings. The summed E-state index contributed by atoms with van der Waals surface area (Å²) in [6.45, 7) is 16.6. The highest BCUT2D eigenvalue weighted by atomic mass is 16.2. The second-order valence-electron chi connectivity index (χ2n) is 7.56. The fraction of sp³-hybridized carbons (Fsp3) is 0.650. The molecule has 0 spiro atoms. The van der Waals surface area contributed by atoms with Gasteiger partial charge in [0.15, 0.2) is 0 Å². The molecule has 1 aliphatic heterocycles. The smallest absolute Gasteiger partial charge is 0.225 e. The standard InChI is InChI=1S/C20H32N2O/c1-14(2)17-8-7-9-18(15(3)4)19(17)21-10-12-22(13-11-21)20(23)16(5)6/h7-9,14-16H,10-13H2,1-6H3. The van der Waals surface area contributed by atoms with Crippen molar-refractivity contribution in [3.8, 4) is 0 Å². The summed E-state index contributed by atoms with van der Waals surface area (Å²) in [6.07, 6.45) is 0. The van der Waals surface area contributed by atoms with Crippen molar-refractivity contribution in [2.24, 2.45) is 5.92 Å². The number of piperazine rings is 1. The van der Waals surface area contributed by atoms with Crippen molar-refractivity contribution in [3.63, 3.8) is 0 Å². The Morgan fingerprint density at radius 2 is 1.35 bits per heavy atom. The van der Waals surface area contributed by atoms with Crippen molar-refractivity contribution in [2.45, 2.75) is 53.4 Å². The third kappa shape index (κ3) is 3.88. The molecule has 0 radical (unpaired) electrons. The lowest BCUT2D eigenvalue weighted by molar-refractivity contribution is -0.134. The Kier molecular flexibility index (Phi) is 5.72. The van der Waals surface area contributed by atoms with Crippen LogP contribution in [0.5, 0.6) is 0 Å². The van der Waals surface area contributed by atoms with Crippen molar-refractivity contribution in [1.82, 2.24) is 4.90 Å². The number of carbonyl (C=O) groups excluding carboxylic acids is 1. The van der Waals surface area contributed by atoms with Gasteiger partial charge in [-0.1, -0.05) is 59.7 Å². The zero-order chi connectivity index (χ0) is 17.1. The van der Waals surface area contributed by atoms with Crippen LogP contribution in [0.2, 0.25) is 0 Å². The fourth-order valence-electron chi connectivity index (χ4n) is 3.39. The average molecular weight is 316 g/mol. The van der Waals surface area contributed by atoms with Gasteiger partial charge in [0.25, 0.3) is 0 Å². The molecule has 3 heteroatoms. The zero-order valence-corrected chi connectivity index (χ0v) is 15.6. The predicted molar refractivity (Wildman–Crippen MR) is 98.3 cm³/mol. The maximum atomic E-state index is 12.2. The minimum absolute atomic E-state index is 0.0933. The Balaban J connectivity index is 2.25. The summed E-state index contributed by atoms with van der Waals surface area (Å²) >= 11 is 0. The molecule has 1 saturated heterocycles. The van der Waals surface area contributed by atoms with Crippen LogP contribution in [0.4, 0.5) is 5.69 Å². The van der Waals surface area contributed by atoms with E-state index in [0.717, 1.165) is 26.2 Å². The maximum Gasteiger partial charge on any atom is 0.225 e. The number of hydrogen-bond donors (Lipinski definition) is 0. The molecular formula is C20H32N2O.